The quantitative estimate of drug-likeness (QED) is 0.803. The van der Waals surface area contributed by atoms with Crippen LogP contribution in [0.1, 0.15) is 16.1 Å². The number of nitrogens with zero attached hydrogens (tertiary/aromatic N) is 1. The summed E-state index contributed by atoms with van der Waals surface area (Å²) in [6, 6.07) is 7.11. The smallest absolute Gasteiger partial charge is 0.358 e. The number of aryl methyl sites for hydroxylation is 1. The monoisotopic (exact) mass is 218 g/mol. The van der Waals surface area contributed by atoms with Crippen LogP contribution >= 0.6 is 0 Å². The third-order valence-electron chi connectivity index (χ3n) is 2.16. The van der Waals surface area contributed by atoms with E-state index in [2.05, 4.69) is 4.98 Å². The van der Waals surface area contributed by atoms with E-state index < -0.39 is 5.97 Å². The number of benzene rings is 1. The Morgan fingerprint density at radius 2 is 2.00 bits per heavy atom. The molecule has 5 heteroatoms. The van der Waals surface area contributed by atoms with Crippen molar-refractivity contribution in [1.82, 2.24) is 4.98 Å². The molecule has 0 aliphatic carbocycles. The first kappa shape index (κ1) is 10.2. The van der Waals surface area contributed by atoms with E-state index in [1.54, 1.807) is 12.1 Å². The number of carboxylic acid groups (broad SMARTS) is 1. The van der Waals surface area contributed by atoms with Crippen LogP contribution in [0.3, 0.4) is 0 Å². The zero-order valence-corrected chi connectivity index (χ0v) is 8.60. The van der Waals surface area contributed by atoms with Crippen LogP contribution in [0, 0.1) is 6.92 Å². The van der Waals surface area contributed by atoms with Crippen LogP contribution in [0.2, 0.25) is 0 Å². The molecule has 1 aromatic heterocycles. The zero-order chi connectivity index (χ0) is 11.7. The van der Waals surface area contributed by atoms with Gasteiger partial charge in [0.2, 0.25) is 0 Å². The Morgan fingerprint density at radius 3 is 2.56 bits per heavy atom. The lowest BCUT2D eigenvalue weighted by atomic mass is 10.1. The third kappa shape index (κ3) is 1.75. The molecule has 0 saturated carbocycles. The number of oxazole rings is 1. The van der Waals surface area contributed by atoms with E-state index >= 15 is 0 Å². The number of hydrogen-bond acceptors (Lipinski definition) is 4. The maximum atomic E-state index is 10.9. The van der Waals surface area contributed by atoms with Gasteiger partial charge in [-0.3, -0.25) is 0 Å². The molecule has 0 aliphatic rings. The van der Waals surface area contributed by atoms with E-state index in [0.29, 0.717) is 5.56 Å². The highest BCUT2D eigenvalue weighted by Crippen LogP contribution is 2.26. The molecule has 0 unspecified atom stereocenters. The highest BCUT2D eigenvalue weighted by Gasteiger charge is 2.19. The molecule has 0 bridgehead atoms. The van der Waals surface area contributed by atoms with Gasteiger partial charge < -0.3 is 15.3 Å². The fraction of sp³-hybridized carbons (Fsp3) is 0.0909. The van der Waals surface area contributed by atoms with Gasteiger partial charge in [0.1, 0.15) is 0 Å². The summed E-state index contributed by atoms with van der Waals surface area (Å²) in [6.45, 7) is 1.94. The summed E-state index contributed by atoms with van der Waals surface area (Å²) >= 11 is 0. The van der Waals surface area contributed by atoms with Crippen molar-refractivity contribution < 1.29 is 14.3 Å². The number of carboxylic acids is 1. The number of nitrogen functional groups attached to an aromatic ring is 1. The molecular weight excluding hydrogens is 208 g/mol. The summed E-state index contributed by atoms with van der Waals surface area (Å²) in [5, 5.41) is 8.92. The summed E-state index contributed by atoms with van der Waals surface area (Å²) in [7, 11) is 0. The van der Waals surface area contributed by atoms with Gasteiger partial charge in [-0.1, -0.05) is 29.8 Å². The number of nitrogens with two attached hydrogens (primary N) is 1. The molecular formula is C11H10N2O3. The predicted molar refractivity (Wildman–Crippen MR) is 58.0 cm³/mol. The Bertz CT molecular complexity index is 529. The van der Waals surface area contributed by atoms with Crippen LogP contribution in [0.5, 0.6) is 0 Å². The van der Waals surface area contributed by atoms with Crippen molar-refractivity contribution in [3.8, 4) is 11.3 Å². The Labute approximate surface area is 91.5 Å². The number of anilines is 1. The van der Waals surface area contributed by atoms with Crippen molar-refractivity contribution in [2.24, 2.45) is 0 Å². The van der Waals surface area contributed by atoms with Crippen molar-refractivity contribution in [2.45, 2.75) is 6.92 Å². The Balaban J connectivity index is 2.55. The molecule has 2 aromatic rings. The van der Waals surface area contributed by atoms with Gasteiger partial charge in [-0.25, -0.2) is 4.79 Å². The van der Waals surface area contributed by atoms with Crippen molar-refractivity contribution >= 4 is 12.0 Å². The third-order valence-corrected chi connectivity index (χ3v) is 2.16. The first-order valence-corrected chi connectivity index (χ1v) is 4.64. The van der Waals surface area contributed by atoms with Crippen molar-refractivity contribution in [3.63, 3.8) is 0 Å². The van der Waals surface area contributed by atoms with E-state index in [-0.39, 0.29) is 17.5 Å². The van der Waals surface area contributed by atoms with Crippen molar-refractivity contribution in [2.75, 3.05) is 5.73 Å². The van der Waals surface area contributed by atoms with Crippen LogP contribution in [-0.4, -0.2) is 16.1 Å². The average Bonchev–Trinajstić information content (AvgIpc) is 2.61. The predicted octanol–water partition coefficient (Wildman–Crippen LogP) is 1.93. The van der Waals surface area contributed by atoms with Crippen LogP contribution in [0.25, 0.3) is 11.3 Å². The fourth-order valence-corrected chi connectivity index (χ4v) is 1.38. The maximum Gasteiger partial charge on any atom is 0.358 e. The molecule has 0 radical (unpaired) electrons. The van der Waals surface area contributed by atoms with Gasteiger partial charge >= 0.3 is 5.97 Å². The van der Waals surface area contributed by atoms with Gasteiger partial charge in [0.25, 0.3) is 6.01 Å². The van der Waals surface area contributed by atoms with Crippen molar-refractivity contribution in [3.05, 3.63) is 35.5 Å². The normalized spacial score (nSPS) is 10.3. The lowest BCUT2D eigenvalue weighted by Crippen LogP contribution is -1.99. The molecule has 5 nitrogen and oxygen atoms in total. The summed E-state index contributed by atoms with van der Waals surface area (Å²) in [6.07, 6.45) is 0. The second kappa shape index (κ2) is 3.69. The average molecular weight is 218 g/mol. The minimum atomic E-state index is -1.16. The van der Waals surface area contributed by atoms with Crippen LogP contribution in [0.15, 0.2) is 28.7 Å². The number of hydrogen-bond donors (Lipinski definition) is 2. The lowest BCUT2D eigenvalue weighted by Gasteiger charge is -1.98. The molecule has 0 fully saturated rings. The van der Waals surface area contributed by atoms with Gasteiger partial charge in [0, 0.05) is 5.56 Å². The highest BCUT2D eigenvalue weighted by atomic mass is 16.4. The number of aromatic nitrogens is 1. The molecule has 0 saturated heterocycles. The number of carbonyl (C=O) groups is 1. The minimum absolute atomic E-state index is 0.145. The van der Waals surface area contributed by atoms with E-state index in [1.165, 1.54) is 0 Å². The second-order valence-corrected chi connectivity index (χ2v) is 3.40. The molecule has 3 N–H and O–H groups in total. The van der Waals surface area contributed by atoms with E-state index in [4.69, 9.17) is 15.3 Å². The Morgan fingerprint density at radius 1 is 1.38 bits per heavy atom. The fourth-order valence-electron chi connectivity index (χ4n) is 1.38. The summed E-state index contributed by atoms with van der Waals surface area (Å²) in [5.41, 5.74) is 6.90. The van der Waals surface area contributed by atoms with E-state index in [0.717, 1.165) is 5.56 Å². The number of aromatic carboxylic acids is 1. The Kier molecular flexibility index (Phi) is 2.36. The summed E-state index contributed by atoms with van der Waals surface area (Å²) < 4.78 is 5.09. The zero-order valence-electron chi connectivity index (χ0n) is 8.60. The highest BCUT2D eigenvalue weighted by molar-refractivity contribution is 5.92. The topological polar surface area (TPSA) is 89.4 Å². The van der Waals surface area contributed by atoms with Crippen LogP contribution in [-0.2, 0) is 0 Å². The molecule has 1 heterocycles. The molecule has 1 aromatic carbocycles. The van der Waals surface area contributed by atoms with Crippen molar-refractivity contribution in [1.29, 1.82) is 0 Å². The van der Waals surface area contributed by atoms with Crippen LogP contribution in [0.4, 0.5) is 6.01 Å². The molecule has 16 heavy (non-hydrogen) atoms. The molecule has 0 atom stereocenters. The summed E-state index contributed by atoms with van der Waals surface area (Å²) in [5.74, 6) is -0.971. The van der Waals surface area contributed by atoms with Gasteiger partial charge in [-0.15, -0.1) is 0 Å². The molecule has 2 rings (SSSR count). The van der Waals surface area contributed by atoms with Gasteiger partial charge in [-0.2, -0.15) is 4.98 Å². The van der Waals surface area contributed by atoms with E-state index in [1.807, 2.05) is 19.1 Å². The summed E-state index contributed by atoms with van der Waals surface area (Å²) in [4.78, 5) is 14.5. The SMILES string of the molecule is Cc1ccc(-c2oc(N)nc2C(=O)O)cc1. The standard InChI is InChI=1S/C11H10N2O3/c1-6-2-4-7(5-3-6)9-8(10(14)15)13-11(12)16-9/h2-5H,1H3,(H2,12,13)(H,14,15). The lowest BCUT2D eigenvalue weighted by molar-refractivity contribution is 0.0691. The second-order valence-electron chi connectivity index (χ2n) is 3.40. The van der Waals surface area contributed by atoms with Gasteiger partial charge in [-0.05, 0) is 6.92 Å². The minimum Gasteiger partial charge on any atom is -0.476 e. The molecule has 0 spiro atoms. The number of rotatable bonds is 2. The maximum absolute atomic E-state index is 10.9. The van der Waals surface area contributed by atoms with E-state index in [9.17, 15) is 4.79 Å². The first-order valence-electron chi connectivity index (χ1n) is 4.64. The van der Waals surface area contributed by atoms with Crippen LogP contribution < -0.4 is 5.73 Å². The Hall–Kier alpha value is -2.30. The largest absolute Gasteiger partial charge is 0.476 e. The van der Waals surface area contributed by atoms with Gasteiger partial charge in [0.05, 0.1) is 0 Å². The molecule has 0 amide bonds. The first-order chi connectivity index (χ1) is 7.58. The molecule has 0 aliphatic heterocycles. The molecule has 82 valence electrons. The van der Waals surface area contributed by atoms with Gasteiger partial charge in [0.15, 0.2) is 11.5 Å².